The van der Waals surface area contributed by atoms with Crippen LogP contribution in [0.25, 0.3) is 0 Å². The zero-order valence-corrected chi connectivity index (χ0v) is 12.0. The third-order valence-corrected chi connectivity index (χ3v) is 6.81. The Bertz CT molecular complexity index is 491. The minimum Gasteiger partial charge on any atom is -0.273 e. The van der Waals surface area contributed by atoms with E-state index in [1.807, 2.05) is 18.2 Å². The van der Waals surface area contributed by atoms with E-state index in [4.69, 9.17) is 0 Å². The van der Waals surface area contributed by atoms with Crippen molar-refractivity contribution in [2.24, 2.45) is 0 Å². The Labute approximate surface area is 114 Å². The third-order valence-electron chi connectivity index (χ3n) is 3.86. The van der Waals surface area contributed by atoms with Crippen molar-refractivity contribution in [3.63, 3.8) is 0 Å². The summed E-state index contributed by atoms with van der Waals surface area (Å²) in [5, 5.41) is 4.66. The summed E-state index contributed by atoms with van der Waals surface area (Å²) in [6.07, 6.45) is 0.703. The van der Waals surface area contributed by atoms with E-state index < -0.39 is 7.92 Å². The standard InChI is InChI=1S/C14H17N2O2P/c1-10-15-13(17)8-9-14(18)16(15)11(2)19(10)12-6-4-3-5-7-12/h3-7,10-11H,8-9H2,1-2H3/t10-,11+,19+. The van der Waals surface area contributed by atoms with Gasteiger partial charge in [-0.15, -0.1) is 0 Å². The predicted octanol–water partition coefficient (Wildman–Crippen LogP) is 1.87. The zero-order valence-electron chi connectivity index (χ0n) is 11.1. The van der Waals surface area contributed by atoms with Crippen molar-refractivity contribution < 1.29 is 9.59 Å². The average Bonchev–Trinajstić information content (AvgIpc) is 2.68. The lowest BCUT2D eigenvalue weighted by Gasteiger charge is -2.35. The Balaban J connectivity index is 2.00. The molecule has 2 aliphatic heterocycles. The monoisotopic (exact) mass is 276 g/mol. The molecular weight excluding hydrogens is 259 g/mol. The number of hydrogen-bond donors (Lipinski definition) is 0. The Kier molecular flexibility index (Phi) is 3.06. The van der Waals surface area contributed by atoms with Crippen molar-refractivity contribution in [2.45, 2.75) is 38.3 Å². The first-order valence-electron chi connectivity index (χ1n) is 6.58. The van der Waals surface area contributed by atoms with Crippen LogP contribution in [0.4, 0.5) is 0 Å². The van der Waals surface area contributed by atoms with E-state index in [0.717, 1.165) is 0 Å². The molecule has 5 heteroatoms. The number of hydrogen-bond acceptors (Lipinski definition) is 2. The van der Waals surface area contributed by atoms with Crippen LogP contribution in [0.15, 0.2) is 30.3 Å². The van der Waals surface area contributed by atoms with E-state index in [-0.39, 0.29) is 23.4 Å². The number of carbonyl (C=O) groups excluding carboxylic acids is 2. The molecule has 19 heavy (non-hydrogen) atoms. The molecule has 0 radical (unpaired) electrons. The highest BCUT2D eigenvalue weighted by molar-refractivity contribution is 7.67. The highest BCUT2D eigenvalue weighted by Gasteiger charge is 2.49. The van der Waals surface area contributed by atoms with Gasteiger partial charge in [0.25, 0.3) is 0 Å². The summed E-state index contributed by atoms with van der Waals surface area (Å²) in [5.41, 5.74) is 0. The lowest BCUT2D eigenvalue weighted by atomic mass is 10.2. The summed E-state index contributed by atoms with van der Waals surface area (Å²) < 4.78 is 0. The molecule has 2 saturated heterocycles. The van der Waals surface area contributed by atoms with Gasteiger partial charge in [0, 0.05) is 12.8 Å². The Morgan fingerprint density at radius 2 is 1.42 bits per heavy atom. The number of hydrazine groups is 1. The molecule has 0 aliphatic carbocycles. The Morgan fingerprint density at radius 1 is 0.947 bits per heavy atom. The van der Waals surface area contributed by atoms with Crippen molar-refractivity contribution in [3.05, 3.63) is 30.3 Å². The molecule has 2 heterocycles. The summed E-state index contributed by atoms with van der Waals surface area (Å²) >= 11 is 0. The minimum absolute atomic E-state index is 0.0832. The predicted molar refractivity (Wildman–Crippen MR) is 74.8 cm³/mol. The number of amides is 2. The number of fused-ring (bicyclic) bond motifs is 1. The van der Waals surface area contributed by atoms with E-state index in [9.17, 15) is 9.59 Å². The van der Waals surface area contributed by atoms with Gasteiger partial charge in [-0.2, -0.15) is 0 Å². The van der Waals surface area contributed by atoms with Crippen LogP contribution >= 0.6 is 7.92 Å². The van der Waals surface area contributed by atoms with Gasteiger partial charge in [0.05, 0.1) is 11.6 Å². The van der Waals surface area contributed by atoms with Crippen LogP contribution in [0.3, 0.4) is 0 Å². The molecule has 0 spiro atoms. The second-order valence-corrected chi connectivity index (χ2v) is 7.81. The highest BCUT2D eigenvalue weighted by atomic mass is 31.1. The molecule has 2 amide bonds. The van der Waals surface area contributed by atoms with E-state index >= 15 is 0 Å². The van der Waals surface area contributed by atoms with E-state index in [2.05, 4.69) is 26.0 Å². The van der Waals surface area contributed by atoms with Crippen LogP contribution in [-0.2, 0) is 9.59 Å². The maximum Gasteiger partial charge on any atom is 0.242 e. The lowest BCUT2D eigenvalue weighted by molar-refractivity contribution is -0.170. The van der Waals surface area contributed by atoms with Crippen molar-refractivity contribution in [1.29, 1.82) is 0 Å². The number of nitrogens with zero attached hydrogens (tertiary/aromatic N) is 2. The normalized spacial score (nSPS) is 30.7. The first kappa shape index (κ1) is 12.6. The fraction of sp³-hybridized carbons (Fsp3) is 0.429. The topological polar surface area (TPSA) is 40.6 Å². The molecule has 3 rings (SSSR count). The fourth-order valence-electron chi connectivity index (χ4n) is 3.04. The maximum absolute atomic E-state index is 12.1. The molecule has 100 valence electrons. The average molecular weight is 276 g/mol. The number of rotatable bonds is 1. The van der Waals surface area contributed by atoms with Crippen LogP contribution in [0, 0.1) is 0 Å². The summed E-state index contributed by atoms with van der Waals surface area (Å²) in [6.45, 7) is 4.12. The van der Waals surface area contributed by atoms with Crippen LogP contribution in [0.5, 0.6) is 0 Å². The molecule has 0 aromatic heterocycles. The van der Waals surface area contributed by atoms with Gasteiger partial charge < -0.3 is 0 Å². The molecule has 2 fully saturated rings. The third kappa shape index (κ3) is 1.86. The van der Waals surface area contributed by atoms with Gasteiger partial charge in [0.15, 0.2) is 0 Å². The van der Waals surface area contributed by atoms with Gasteiger partial charge in [0.2, 0.25) is 11.8 Å². The van der Waals surface area contributed by atoms with Gasteiger partial charge in [-0.3, -0.25) is 9.59 Å². The lowest BCUT2D eigenvalue weighted by Crippen LogP contribution is -2.53. The first-order chi connectivity index (χ1) is 9.11. The molecule has 0 N–H and O–H groups in total. The molecule has 3 atom stereocenters. The zero-order chi connectivity index (χ0) is 13.6. The van der Waals surface area contributed by atoms with Crippen molar-refractivity contribution in [3.8, 4) is 0 Å². The SMILES string of the molecule is C[C@@H]1N2C(=O)CCC(=O)N2[C@H](C)[P@@]1c1ccccc1. The van der Waals surface area contributed by atoms with E-state index in [1.54, 1.807) is 10.0 Å². The molecule has 0 bridgehead atoms. The number of benzene rings is 1. The molecule has 1 aromatic carbocycles. The Morgan fingerprint density at radius 3 is 1.89 bits per heavy atom. The second kappa shape index (κ2) is 4.61. The van der Waals surface area contributed by atoms with Crippen molar-refractivity contribution in [1.82, 2.24) is 10.0 Å². The van der Waals surface area contributed by atoms with Crippen LogP contribution < -0.4 is 5.30 Å². The molecular formula is C14H17N2O2P. The first-order valence-corrected chi connectivity index (χ1v) is 8.06. The fourth-order valence-corrected chi connectivity index (χ4v) is 5.99. The molecule has 1 aromatic rings. The van der Waals surface area contributed by atoms with Crippen LogP contribution in [-0.4, -0.2) is 33.4 Å². The van der Waals surface area contributed by atoms with Gasteiger partial charge >= 0.3 is 0 Å². The van der Waals surface area contributed by atoms with Gasteiger partial charge in [0.1, 0.15) is 0 Å². The van der Waals surface area contributed by atoms with Crippen LogP contribution in [0.1, 0.15) is 26.7 Å². The number of carbonyl (C=O) groups is 2. The second-order valence-electron chi connectivity index (χ2n) is 4.98. The molecule has 0 saturated carbocycles. The van der Waals surface area contributed by atoms with Gasteiger partial charge in [-0.05, 0) is 27.1 Å². The van der Waals surface area contributed by atoms with Crippen molar-refractivity contribution in [2.75, 3.05) is 0 Å². The summed E-state index contributed by atoms with van der Waals surface area (Å²) in [6, 6.07) is 10.2. The largest absolute Gasteiger partial charge is 0.273 e. The van der Waals surface area contributed by atoms with Crippen molar-refractivity contribution >= 4 is 25.0 Å². The van der Waals surface area contributed by atoms with Gasteiger partial charge in [-0.25, -0.2) is 10.0 Å². The van der Waals surface area contributed by atoms with E-state index in [1.165, 1.54) is 5.30 Å². The van der Waals surface area contributed by atoms with Gasteiger partial charge in [-0.1, -0.05) is 30.3 Å². The smallest absolute Gasteiger partial charge is 0.242 e. The Hall–Kier alpha value is -1.41. The molecule has 0 unspecified atom stereocenters. The van der Waals surface area contributed by atoms with Crippen LogP contribution in [0.2, 0.25) is 0 Å². The molecule has 4 nitrogen and oxygen atoms in total. The molecule has 2 aliphatic rings. The summed E-state index contributed by atoms with van der Waals surface area (Å²) in [5.74, 6) is 0.369. The highest BCUT2D eigenvalue weighted by Crippen LogP contribution is 2.55. The van der Waals surface area contributed by atoms with E-state index in [0.29, 0.717) is 12.8 Å². The summed E-state index contributed by atoms with van der Waals surface area (Å²) in [7, 11) is -0.556. The summed E-state index contributed by atoms with van der Waals surface area (Å²) in [4.78, 5) is 24.2. The quantitative estimate of drug-likeness (QED) is 0.735. The minimum atomic E-state index is -0.556. The maximum atomic E-state index is 12.1.